The van der Waals surface area contributed by atoms with Crippen LogP contribution in [0.1, 0.15) is 116 Å². The van der Waals surface area contributed by atoms with E-state index >= 15 is 0 Å². The van der Waals surface area contributed by atoms with Crippen LogP contribution in [0.4, 0.5) is 0 Å². The molecule has 0 bridgehead atoms. The molecule has 0 unspecified atom stereocenters. The molecule has 0 aromatic heterocycles. The zero-order chi connectivity index (χ0) is 100. The van der Waals surface area contributed by atoms with Crippen molar-refractivity contribution in [1.82, 2.24) is 79.2 Å². The minimum atomic E-state index is -1.75. The Kier molecular flexibility index (Phi) is 50.5. The van der Waals surface area contributed by atoms with Crippen LogP contribution in [-0.4, -0.2) is 492 Å². The molecule has 0 aromatic rings. The molecule has 0 atom stereocenters. The maximum atomic E-state index is 14.1. The predicted molar refractivity (Wildman–Crippen MR) is 431 cm³/mol. The molecule has 6 N–H and O–H groups in total. The van der Waals surface area contributed by atoms with Crippen molar-refractivity contribution >= 4 is 119 Å². The highest BCUT2D eigenvalue weighted by Gasteiger charge is 2.48. The summed E-state index contributed by atoms with van der Waals surface area (Å²) in [5.41, 5.74) is -6.84. The molecule has 0 saturated carbocycles. The number of carboxylic acid groups (broad SMARTS) is 16. The van der Waals surface area contributed by atoms with Crippen molar-refractivity contribution < 1.29 is 178 Å². The van der Waals surface area contributed by atoms with Gasteiger partial charge in [-0.3, -0.25) is 97.2 Å². The fourth-order valence-corrected chi connectivity index (χ4v) is 18.3. The third kappa shape index (κ3) is 45.5. The normalized spacial score (nSPS) is 17.3. The standard InChI is InChI=1S/C82H134N16O36/c99-59(11-15-79(95(43-71(119)120)44-72(121)122)51-87(35-63(103)104)27-28-88(52-79)36-64(105)106)9-1-3-21-85(25-7-19-83-61(101)13-17-81(97(47-75(127)128)48-76(129)130)55-91(39-67(111)112)31-32-92(56-81)40-68(113)114)23-5-6-24-86(22-4-2-10-60(100)12-16-80(96(45-73(123)124)46-74(125)126)53-89(37-65(107)108)29-30-90(54-80)38-66(109)110)26-8-20-84-62(102)14-18-82(98(49-77(131)132)50-78(133)134)57-93(41-69(115)116)33-34-94(58-82)42-70(117)118/h1-58H2,(H,83,101)(H,84,102)(H,103,104)(H,105,106)(H,107,108)(H,109,110)(H,111,112)(H,113,114)(H,115,116)(H,117,118)(H,119,120)(H,121,122)(H,123,124)(H,125,126)(H,127,128)(H,129,130)(H,131,132)(H,133,134)/p-12. The van der Waals surface area contributed by atoms with Gasteiger partial charge in [-0.2, -0.15) is 0 Å². The second kappa shape index (κ2) is 58.5. The highest BCUT2D eigenvalue weighted by atomic mass is 16.4. The number of amides is 2. The Morgan fingerprint density at radius 3 is 0.590 bits per heavy atom. The lowest BCUT2D eigenvalue weighted by molar-refractivity contribution is -0.309. The number of hydrogen-bond acceptors (Lipinski definition) is 46. The number of rotatable bonds is 71. The zero-order valence-corrected chi connectivity index (χ0v) is 75.1. The van der Waals surface area contributed by atoms with Gasteiger partial charge < -0.3 is 160 Å². The van der Waals surface area contributed by atoms with Gasteiger partial charge in [-0.15, -0.1) is 0 Å². The molecule has 52 nitrogen and oxygen atoms in total. The molecule has 4 fully saturated rings. The largest absolute Gasteiger partial charge is 0.549 e. The number of unbranched alkanes of at least 4 members (excludes halogenated alkanes) is 3. The van der Waals surface area contributed by atoms with Crippen LogP contribution in [-0.2, 0) is 95.9 Å². The van der Waals surface area contributed by atoms with Gasteiger partial charge in [0.25, 0.3) is 0 Å². The SMILES string of the molecule is O=C([O-])CN1CCN(CC(=O)[O-])CC(CCC(=O)CCCCN(CCCCN(CCCCC(=O)CCC2(N(CC(=O)[O-])CC(=O)O)CN(CC(=O)[O-])CCN(CC(=O)[O-])C2)CCCNC(=O)CCC2(N(CC(=O)[O-])CC(=O)O)CN(CC(=O)[O-])CCN(CC(=O)[O-])C2)CCCNC(=O)CCC2(N(CC(=O)[O-])CC(=O)O)CN(CC(=O)[O-])CCN(CC(=O)[O-])C2)(N(CC(=O)[O-])CC(=O)O)C1. The van der Waals surface area contributed by atoms with E-state index in [0.29, 0.717) is 38.8 Å². The highest BCUT2D eigenvalue weighted by molar-refractivity contribution is 5.81. The third-order valence-corrected chi connectivity index (χ3v) is 24.0. The summed E-state index contributed by atoms with van der Waals surface area (Å²) in [6.45, 7) is -16.3. The van der Waals surface area contributed by atoms with Crippen LogP contribution in [0.25, 0.3) is 0 Å². The van der Waals surface area contributed by atoms with Gasteiger partial charge in [0.1, 0.15) is 11.6 Å². The quantitative estimate of drug-likeness (QED) is 0.0308. The van der Waals surface area contributed by atoms with E-state index in [1.807, 2.05) is 9.80 Å². The monoisotopic (exact) mass is 1910 g/mol. The number of nitrogens with one attached hydrogen (secondary N) is 2. The maximum absolute atomic E-state index is 14.1. The second-order valence-electron chi connectivity index (χ2n) is 34.8. The van der Waals surface area contributed by atoms with E-state index in [2.05, 4.69) is 10.6 Å². The minimum absolute atomic E-state index is 0.0449. The number of hydrogen-bond donors (Lipinski definition) is 6. The van der Waals surface area contributed by atoms with Gasteiger partial charge in [-0.05, 0) is 116 Å². The van der Waals surface area contributed by atoms with Gasteiger partial charge in [-0.1, -0.05) is 0 Å². The van der Waals surface area contributed by atoms with Crippen molar-refractivity contribution in [1.29, 1.82) is 0 Å². The van der Waals surface area contributed by atoms with Gasteiger partial charge in [0.15, 0.2) is 0 Å². The summed E-state index contributed by atoms with van der Waals surface area (Å²) in [6, 6.07) is 0. The van der Waals surface area contributed by atoms with Crippen LogP contribution in [0.5, 0.6) is 0 Å². The molecule has 4 saturated heterocycles. The van der Waals surface area contributed by atoms with E-state index in [1.165, 1.54) is 39.2 Å². The van der Waals surface area contributed by atoms with Crippen LogP contribution < -0.4 is 71.9 Å². The Morgan fingerprint density at radius 2 is 0.410 bits per heavy atom. The van der Waals surface area contributed by atoms with E-state index in [-0.39, 0.29) is 221 Å². The molecule has 52 heteroatoms. The summed E-state index contributed by atoms with van der Waals surface area (Å²) in [5.74, 6) is -27.8. The molecule has 4 aliphatic rings. The van der Waals surface area contributed by atoms with Crippen LogP contribution in [0, 0.1) is 0 Å². The number of carbonyl (C=O) groups excluding carboxylic acids is 16. The molecule has 2 amide bonds. The lowest BCUT2D eigenvalue weighted by Gasteiger charge is -2.46. The average molecular weight is 1910 g/mol. The average Bonchev–Trinajstić information content (AvgIpc) is 1.50. The van der Waals surface area contributed by atoms with E-state index < -0.39 is 259 Å². The first-order valence-electron chi connectivity index (χ1n) is 44.1. The zero-order valence-electron chi connectivity index (χ0n) is 75.1. The molecular formula is C82H122N16O36-12. The maximum Gasteiger partial charge on any atom is 0.317 e. The van der Waals surface area contributed by atoms with Gasteiger partial charge in [-0.25, -0.2) is 0 Å². The van der Waals surface area contributed by atoms with Gasteiger partial charge in [0.05, 0.1) is 97.8 Å². The topological polar surface area (TPSA) is 768 Å². The number of Topliss-reactive ketones (excluding diaryl/α,β-unsaturated/α-hetero) is 2. The Bertz CT molecular complexity index is 3340. The van der Waals surface area contributed by atoms with E-state index in [9.17, 15) is 178 Å². The summed E-state index contributed by atoms with van der Waals surface area (Å²) < 4.78 is 0. The van der Waals surface area contributed by atoms with Crippen LogP contribution in [0.15, 0.2) is 0 Å². The van der Waals surface area contributed by atoms with Crippen LogP contribution in [0.2, 0.25) is 0 Å². The summed E-state index contributed by atoms with van der Waals surface area (Å²) in [4.78, 5) is 268. The summed E-state index contributed by atoms with van der Waals surface area (Å²) in [5, 5.41) is 190. The first-order valence-corrected chi connectivity index (χ1v) is 44.1. The number of nitrogens with zero attached hydrogens (tertiary/aromatic N) is 14. The Hall–Kier alpha value is -10.8. The molecule has 4 heterocycles. The van der Waals surface area contributed by atoms with Crippen molar-refractivity contribution in [2.75, 3.05) is 262 Å². The van der Waals surface area contributed by atoms with Gasteiger partial charge in [0.2, 0.25) is 11.8 Å². The minimum Gasteiger partial charge on any atom is -0.549 e. The van der Waals surface area contributed by atoms with Crippen molar-refractivity contribution in [2.24, 2.45) is 0 Å². The molecule has 134 heavy (non-hydrogen) atoms. The second-order valence-corrected chi connectivity index (χ2v) is 34.8. The molecule has 758 valence electrons. The van der Waals surface area contributed by atoms with Crippen LogP contribution >= 0.6 is 0 Å². The first kappa shape index (κ1) is 116. The smallest absolute Gasteiger partial charge is 0.317 e. The number of carboxylic acids is 16. The van der Waals surface area contributed by atoms with Crippen molar-refractivity contribution in [3.8, 4) is 0 Å². The molecule has 0 aliphatic carbocycles. The molecule has 0 radical (unpaired) electrons. The fourth-order valence-electron chi connectivity index (χ4n) is 18.3. The van der Waals surface area contributed by atoms with Crippen molar-refractivity contribution in [3.63, 3.8) is 0 Å². The molecule has 0 spiro atoms. The molecule has 0 aromatic carbocycles. The summed E-state index contributed by atoms with van der Waals surface area (Å²) in [6.07, 6.45) is -0.975. The predicted octanol–water partition coefficient (Wildman–Crippen LogP) is -22.0. The van der Waals surface area contributed by atoms with Crippen molar-refractivity contribution in [3.05, 3.63) is 0 Å². The molecule has 4 rings (SSSR count). The number of ketones is 2. The Labute approximate surface area is 772 Å². The van der Waals surface area contributed by atoms with E-state index in [1.54, 1.807) is 0 Å². The highest BCUT2D eigenvalue weighted by Crippen LogP contribution is 2.33. The molecule has 4 aliphatic heterocycles. The van der Waals surface area contributed by atoms with E-state index in [4.69, 9.17) is 0 Å². The number of carbonyl (C=O) groups is 20. The van der Waals surface area contributed by atoms with Crippen molar-refractivity contribution in [2.45, 2.75) is 138 Å². The molecular weight excluding hydrogens is 1780 g/mol. The summed E-state index contributed by atoms with van der Waals surface area (Å²) in [7, 11) is 0. The fraction of sp³-hybridized carbons (Fsp3) is 0.756. The van der Waals surface area contributed by atoms with Gasteiger partial charge in [0, 0.05) is 257 Å². The van der Waals surface area contributed by atoms with Crippen LogP contribution in [0.3, 0.4) is 0 Å². The third-order valence-electron chi connectivity index (χ3n) is 24.0. The van der Waals surface area contributed by atoms with E-state index in [0.717, 1.165) is 19.6 Å². The lowest BCUT2D eigenvalue weighted by atomic mass is 9.87. The lowest BCUT2D eigenvalue weighted by Crippen LogP contribution is -2.63. The number of aliphatic carboxylic acids is 16. The van der Waals surface area contributed by atoms with Gasteiger partial charge >= 0.3 is 23.9 Å². The first-order chi connectivity index (χ1) is 63.0. The Morgan fingerprint density at radius 1 is 0.231 bits per heavy atom. The summed E-state index contributed by atoms with van der Waals surface area (Å²) >= 11 is 0. The Balaban J connectivity index is 1.71.